The molecule has 0 saturated heterocycles. The molecule has 0 aliphatic carbocycles. The van der Waals surface area contributed by atoms with Crippen molar-refractivity contribution in [3.05, 3.63) is 23.8 Å². The lowest BCUT2D eigenvalue weighted by Crippen LogP contribution is -1.98. The van der Waals surface area contributed by atoms with E-state index in [0.717, 1.165) is 17.4 Å². The molecule has 0 spiro atoms. The van der Waals surface area contributed by atoms with Gasteiger partial charge < -0.3 is 4.57 Å². The van der Waals surface area contributed by atoms with Crippen molar-refractivity contribution in [2.24, 2.45) is 7.05 Å². The molecule has 0 fully saturated rings. The number of aromatic nitrogens is 4. The van der Waals surface area contributed by atoms with Gasteiger partial charge in [-0.15, -0.1) is 0 Å². The van der Waals surface area contributed by atoms with Crippen molar-refractivity contribution >= 4 is 11.8 Å². The molecule has 5 heteroatoms. The van der Waals surface area contributed by atoms with Crippen molar-refractivity contribution in [3.8, 4) is 0 Å². The summed E-state index contributed by atoms with van der Waals surface area (Å²) < 4.78 is 4.05. The molecule has 86 valence electrons. The van der Waals surface area contributed by atoms with Crippen molar-refractivity contribution in [1.82, 2.24) is 19.3 Å². The normalized spacial score (nSPS) is 11.0. The van der Waals surface area contributed by atoms with E-state index in [9.17, 15) is 0 Å². The second-order valence-corrected chi connectivity index (χ2v) is 4.72. The zero-order valence-electron chi connectivity index (χ0n) is 10.1. The van der Waals surface area contributed by atoms with E-state index in [1.54, 1.807) is 11.8 Å². The summed E-state index contributed by atoms with van der Waals surface area (Å²) in [6.45, 7) is 7.17. The third-order valence-corrected chi connectivity index (χ3v) is 3.96. The fraction of sp³-hybridized carbons (Fsp3) is 0.455. The van der Waals surface area contributed by atoms with Crippen LogP contribution in [-0.2, 0) is 13.6 Å². The fourth-order valence-corrected chi connectivity index (χ4v) is 2.62. The standard InChI is InChI=1S/C11H16N4S/c1-5-15-9(3)10(8(2)13-15)16-11-12-6-7-14(11)4/h6-7H,5H2,1-4H3. The van der Waals surface area contributed by atoms with E-state index in [0.29, 0.717) is 0 Å². The van der Waals surface area contributed by atoms with Crippen LogP contribution >= 0.6 is 11.8 Å². The molecule has 2 rings (SSSR count). The minimum Gasteiger partial charge on any atom is -0.329 e. The lowest BCUT2D eigenvalue weighted by molar-refractivity contribution is 0.633. The number of hydrogen-bond donors (Lipinski definition) is 0. The van der Waals surface area contributed by atoms with E-state index in [2.05, 4.69) is 23.9 Å². The van der Waals surface area contributed by atoms with Gasteiger partial charge in [0.1, 0.15) is 0 Å². The Hall–Kier alpha value is -1.23. The number of rotatable bonds is 3. The second-order valence-electron chi connectivity index (χ2n) is 3.74. The maximum atomic E-state index is 4.50. The molecule has 0 radical (unpaired) electrons. The van der Waals surface area contributed by atoms with E-state index in [1.165, 1.54) is 10.6 Å². The van der Waals surface area contributed by atoms with Crippen molar-refractivity contribution in [2.75, 3.05) is 0 Å². The molecule has 0 aromatic carbocycles. The zero-order valence-corrected chi connectivity index (χ0v) is 10.9. The Morgan fingerprint density at radius 1 is 1.38 bits per heavy atom. The highest BCUT2D eigenvalue weighted by molar-refractivity contribution is 7.99. The minimum absolute atomic E-state index is 0.911. The van der Waals surface area contributed by atoms with Crippen LogP contribution in [0.25, 0.3) is 0 Å². The van der Waals surface area contributed by atoms with Gasteiger partial charge in [0.25, 0.3) is 0 Å². The minimum atomic E-state index is 0.911. The van der Waals surface area contributed by atoms with Crippen LogP contribution in [0.4, 0.5) is 0 Å². The lowest BCUT2D eigenvalue weighted by atomic mass is 10.4. The largest absolute Gasteiger partial charge is 0.329 e. The maximum absolute atomic E-state index is 4.50. The summed E-state index contributed by atoms with van der Waals surface area (Å²) in [5, 5.41) is 5.50. The number of imidazole rings is 1. The lowest BCUT2D eigenvalue weighted by Gasteiger charge is -2.02. The van der Waals surface area contributed by atoms with Crippen LogP contribution in [0.1, 0.15) is 18.3 Å². The Morgan fingerprint density at radius 3 is 2.62 bits per heavy atom. The van der Waals surface area contributed by atoms with E-state index < -0.39 is 0 Å². The number of hydrogen-bond acceptors (Lipinski definition) is 3. The van der Waals surface area contributed by atoms with Crippen molar-refractivity contribution in [3.63, 3.8) is 0 Å². The van der Waals surface area contributed by atoms with Gasteiger partial charge in [-0.3, -0.25) is 4.68 Å². The summed E-state index contributed by atoms with van der Waals surface area (Å²) >= 11 is 1.68. The molecule has 0 aliphatic rings. The summed E-state index contributed by atoms with van der Waals surface area (Å²) in [5.74, 6) is 0. The van der Waals surface area contributed by atoms with E-state index >= 15 is 0 Å². The molecule has 4 nitrogen and oxygen atoms in total. The Balaban J connectivity index is 2.35. The van der Waals surface area contributed by atoms with Crippen molar-refractivity contribution in [1.29, 1.82) is 0 Å². The smallest absolute Gasteiger partial charge is 0.172 e. The van der Waals surface area contributed by atoms with Crippen molar-refractivity contribution < 1.29 is 0 Å². The first-order chi connectivity index (χ1) is 7.63. The van der Waals surface area contributed by atoms with Crippen LogP contribution in [0.5, 0.6) is 0 Å². The van der Waals surface area contributed by atoms with E-state index in [1.807, 2.05) is 35.6 Å². The van der Waals surface area contributed by atoms with Crippen molar-refractivity contribution in [2.45, 2.75) is 37.4 Å². The van der Waals surface area contributed by atoms with Gasteiger partial charge in [0.15, 0.2) is 5.16 Å². The van der Waals surface area contributed by atoms with Gasteiger partial charge in [-0.05, 0) is 32.5 Å². The highest BCUT2D eigenvalue weighted by Crippen LogP contribution is 2.31. The molecule has 0 aliphatic heterocycles. The molecule has 0 saturated carbocycles. The molecule has 0 amide bonds. The first-order valence-corrected chi connectivity index (χ1v) is 6.14. The molecule has 0 atom stereocenters. The van der Waals surface area contributed by atoms with Gasteiger partial charge in [-0.1, -0.05) is 0 Å². The first kappa shape index (κ1) is 11.3. The SMILES string of the molecule is CCn1nc(C)c(Sc2nccn2C)c1C. The van der Waals surface area contributed by atoms with Gasteiger partial charge in [0.05, 0.1) is 10.6 Å². The van der Waals surface area contributed by atoms with Gasteiger partial charge in [0, 0.05) is 31.7 Å². The summed E-state index contributed by atoms with van der Waals surface area (Å²) in [6.07, 6.45) is 3.77. The molecule has 2 aromatic heterocycles. The van der Waals surface area contributed by atoms with Crippen LogP contribution in [0.3, 0.4) is 0 Å². The quantitative estimate of drug-likeness (QED) is 0.821. The third-order valence-electron chi connectivity index (χ3n) is 2.58. The number of aryl methyl sites for hydroxylation is 3. The Morgan fingerprint density at radius 2 is 2.12 bits per heavy atom. The fourth-order valence-electron chi connectivity index (χ4n) is 1.68. The molecular weight excluding hydrogens is 220 g/mol. The molecular formula is C11H16N4S. The summed E-state index contributed by atoms with van der Waals surface area (Å²) in [5.41, 5.74) is 2.29. The molecule has 0 N–H and O–H groups in total. The average Bonchev–Trinajstić information content (AvgIpc) is 2.77. The molecule has 2 heterocycles. The highest BCUT2D eigenvalue weighted by Gasteiger charge is 2.13. The van der Waals surface area contributed by atoms with Crippen LogP contribution in [0, 0.1) is 13.8 Å². The summed E-state index contributed by atoms with van der Waals surface area (Å²) in [4.78, 5) is 5.54. The van der Waals surface area contributed by atoms with Gasteiger partial charge in [-0.2, -0.15) is 5.10 Å². The first-order valence-electron chi connectivity index (χ1n) is 5.32. The predicted molar refractivity (Wildman–Crippen MR) is 64.7 cm³/mol. The monoisotopic (exact) mass is 236 g/mol. The summed E-state index contributed by atoms with van der Waals surface area (Å²) in [7, 11) is 2.00. The highest BCUT2D eigenvalue weighted by atomic mass is 32.2. The van der Waals surface area contributed by atoms with Crippen LogP contribution in [-0.4, -0.2) is 19.3 Å². The Bertz CT molecular complexity index is 498. The topological polar surface area (TPSA) is 35.6 Å². The molecule has 16 heavy (non-hydrogen) atoms. The number of nitrogens with zero attached hydrogens (tertiary/aromatic N) is 4. The Labute approximate surface area is 99.7 Å². The summed E-state index contributed by atoms with van der Waals surface area (Å²) in [6, 6.07) is 0. The van der Waals surface area contributed by atoms with Gasteiger partial charge in [-0.25, -0.2) is 4.98 Å². The zero-order chi connectivity index (χ0) is 11.7. The maximum Gasteiger partial charge on any atom is 0.172 e. The van der Waals surface area contributed by atoms with Crippen LogP contribution < -0.4 is 0 Å². The third kappa shape index (κ3) is 1.87. The second kappa shape index (κ2) is 4.33. The average molecular weight is 236 g/mol. The predicted octanol–water partition coefficient (Wildman–Crippen LogP) is 2.40. The van der Waals surface area contributed by atoms with Crippen LogP contribution in [0.2, 0.25) is 0 Å². The molecule has 0 unspecified atom stereocenters. The molecule has 0 bridgehead atoms. The van der Waals surface area contributed by atoms with Gasteiger partial charge >= 0.3 is 0 Å². The van der Waals surface area contributed by atoms with Crippen LogP contribution in [0.15, 0.2) is 22.4 Å². The van der Waals surface area contributed by atoms with E-state index in [4.69, 9.17) is 0 Å². The Kier molecular flexibility index (Phi) is 3.05. The molecule has 2 aromatic rings. The van der Waals surface area contributed by atoms with E-state index in [-0.39, 0.29) is 0 Å². The van der Waals surface area contributed by atoms with Gasteiger partial charge in [0.2, 0.25) is 0 Å².